The zero-order valence-corrected chi connectivity index (χ0v) is 20.9. The minimum absolute atomic E-state index is 0.00996. The number of aromatic amines is 1. The van der Waals surface area contributed by atoms with Crippen LogP contribution >= 0.6 is 0 Å². The number of carbonyl (C=O) groups is 3. The van der Waals surface area contributed by atoms with Gasteiger partial charge in [0.25, 0.3) is 0 Å². The van der Waals surface area contributed by atoms with Crippen molar-refractivity contribution in [2.24, 2.45) is 29.1 Å². The van der Waals surface area contributed by atoms with Gasteiger partial charge in [-0.15, -0.1) is 0 Å². The molecular formula is C28H37N3O4. The molecule has 7 heteroatoms. The Hall–Kier alpha value is -2.83. The van der Waals surface area contributed by atoms with Crippen LogP contribution in [0.4, 0.5) is 0 Å². The Morgan fingerprint density at radius 1 is 1.03 bits per heavy atom. The largest absolute Gasteiger partial charge is 0.467 e. The summed E-state index contributed by atoms with van der Waals surface area (Å²) < 4.78 is 4.92. The number of hydrogen-bond acceptors (Lipinski definition) is 4. The summed E-state index contributed by atoms with van der Waals surface area (Å²) in [5.41, 5.74) is 1.60. The molecule has 0 spiro atoms. The molecule has 2 atom stereocenters. The van der Waals surface area contributed by atoms with E-state index in [1.165, 1.54) is 26.4 Å². The van der Waals surface area contributed by atoms with Crippen molar-refractivity contribution in [1.82, 2.24) is 15.6 Å². The Labute approximate surface area is 206 Å². The number of amides is 2. The van der Waals surface area contributed by atoms with E-state index in [1.54, 1.807) is 0 Å². The molecule has 188 valence electrons. The minimum atomic E-state index is -0.777. The standard InChI is InChI=1S/C28H37N3O4/c1-16(2)24(26(33)35-3)31-25(32)23(11-20-15-29-22-7-5-4-6-21(20)22)30-27(34)28-12-17-8-18(13-28)10-19(9-17)14-28/h4-7,15-19,23-24,29H,8-14H2,1-3H3,(H,30,34)(H,31,32)/t17?,18?,19?,23-,24+,28?/m1/s1. The maximum absolute atomic E-state index is 13.8. The van der Waals surface area contributed by atoms with Crippen LogP contribution in [0.1, 0.15) is 57.9 Å². The summed E-state index contributed by atoms with van der Waals surface area (Å²) in [6.07, 6.45) is 8.81. The van der Waals surface area contributed by atoms with Gasteiger partial charge >= 0.3 is 5.97 Å². The van der Waals surface area contributed by atoms with Crippen LogP contribution in [0.3, 0.4) is 0 Å². The van der Waals surface area contributed by atoms with E-state index in [-0.39, 0.29) is 23.1 Å². The number of benzene rings is 1. The molecule has 0 aliphatic heterocycles. The van der Waals surface area contributed by atoms with E-state index >= 15 is 0 Å². The zero-order valence-electron chi connectivity index (χ0n) is 20.9. The lowest BCUT2D eigenvalue weighted by Crippen LogP contribution is -2.59. The lowest BCUT2D eigenvalue weighted by molar-refractivity contribution is -0.149. The smallest absolute Gasteiger partial charge is 0.328 e. The molecule has 0 saturated heterocycles. The molecule has 2 amide bonds. The molecule has 4 bridgehead atoms. The van der Waals surface area contributed by atoms with Gasteiger partial charge < -0.3 is 20.4 Å². The third-order valence-electron chi connectivity index (χ3n) is 8.66. The quantitative estimate of drug-likeness (QED) is 0.502. The Bertz CT molecular complexity index is 1090. The van der Waals surface area contributed by atoms with E-state index in [4.69, 9.17) is 4.74 Å². The Kier molecular flexibility index (Phi) is 6.36. The van der Waals surface area contributed by atoms with Gasteiger partial charge in [0.2, 0.25) is 11.8 Å². The summed E-state index contributed by atoms with van der Waals surface area (Å²) in [4.78, 5) is 43.0. The van der Waals surface area contributed by atoms with Crippen molar-refractivity contribution in [3.8, 4) is 0 Å². The third-order valence-corrected chi connectivity index (χ3v) is 8.66. The topological polar surface area (TPSA) is 100 Å². The molecule has 2 aromatic rings. The van der Waals surface area contributed by atoms with E-state index in [9.17, 15) is 14.4 Å². The summed E-state index contributed by atoms with van der Waals surface area (Å²) >= 11 is 0. The van der Waals surface area contributed by atoms with Gasteiger partial charge in [0.1, 0.15) is 12.1 Å². The number of H-pyrrole nitrogens is 1. The second-order valence-electron chi connectivity index (χ2n) is 11.5. The van der Waals surface area contributed by atoms with Gasteiger partial charge in [0.15, 0.2) is 0 Å². The fourth-order valence-electron chi connectivity index (χ4n) is 7.31. The molecule has 3 N–H and O–H groups in total. The highest BCUT2D eigenvalue weighted by molar-refractivity contribution is 5.93. The summed E-state index contributed by atoms with van der Waals surface area (Å²) in [6, 6.07) is 6.39. The number of ether oxygens (including phenoxy) is 1. The normalized spacial score (nSPS) is 28.6. The molecule has 4 saturated carbocycles. The highest BCUT2D eigenvalue weighted by Crippen LogP contribution is 2.60. The first kappa shape index (κ1) is 23.9. The molecule has 0 unspecified atom stereocenters. The number of carbonyl (C=O) groups excluding carboxylic acids is 3. The molecule has 6 rings (SSSR count). The monoisotopic (exact) mass is 479 g/mol. The maximum atomic E-state index is 13.8. The van der Waals surface area contributed by atoms with Crippen LogP contribution in [-0.2, 0) is 25.5 Å². The van der Waals surface area contributed by atoms with Gasteiger partial charge in [-0.25, -0.2) is 4.79 Å². The maximum Gasteiger partial charge on any atom is 0.328 e. The molecule has 0 radical (unpaired) electrons. The van der Waals surface area contributed by atoms with Crippen LogP contribution in [0.25, 0.3) is 10.9 Å². The Morgan fingerprint density at radius 3 is 2.26 bits per heavy atom. The number of hydrogen-bond donors (Lipinski definition) is 3. The SMILES string of the molecule is COC(=O)[C@@H](NC(=O)[C@@H](Cc1c[nH]c2ccccc12)NC(=O)C12CC3CC(CC(C3)C1)C2)C(C)C. The first-order chi connectivity index (χ1) is 16.8. The summed E-state index contributed by atoms with van der Waals surface area (Å²) in [7, 11) is 1.32. The van der Waals surface area contributed by atoms with E-state index in [0.29, 0.717) is 24.2 Å². The fraction of sp³-hybridized carbons (Fsp3) is 0.607. The van der Waals surface area contributed by atoms with Gasteiger partial charge in [-0.3, -0.25) is 9.59 Å². The predicted molar refractivity (Wildman–Crippen MR) is 133 cm³/mol. The first-order valence-electron chi connectivity index (χ1n) is 13.0. The van der Waals surface area contributed by atoms with Gasteiger partial charge in [0.05, 0.1) is 7.11 Å². The molecule has 4 aliphatic carbocycles. The third kappa shape index (κ3) is 4.57. The van der Waals surface area contributed by atoms with Crippen molar-refractivity contribution < 1.29 is 19.1 Å². The van der Waals surface area contributed by atoms with Crippen molar-refractivity contribution in [2.45, 2.75) is 70.9 Å². The number of methoxy groups -OCH3 is 1. The van der Waals surface area contributed by atoms with Gasteiger partial charge in [-0.05, 0) is 73.8 Å². The Morgan fingerprint density at radius 2 is 1.66 bits per heavy atom. The van der Waals surface area contributed by atoms with E-state index in [0.717, 1.165) is 35.7 Å². The van der Waals surface area contributed by atoms with Crippen molar-refractivity contribution >= 4 is 28.7 Å². The number of aromatic nitrogens is 1. The predicted octanol–water partition coefficient (Wildman–Crippen LogP) is 3.73. The van der Waals surface area contributed by atoms with Crippen LogP contribution in [-0.4, -0.2) is 42.0 Å². The van der Waals surface area contributed by atoms with Crippen molar-refractivity contribution in [2.75, 3.05) is 7.11 Å². The molecule has 1 aromatic carbocycles. The molecule has 35 heavy (non-hydrogen) atoms. The van der Waals surface area contributed by atoms with Crippen molar-refractivity contribution in [1.29, 1.82) is 0 Å². The second kappa shape index (κ2) is 9.32. The fourth-order valence-corrected chi connectivity index (χ4v) is 7.31. The van der Waals surface area contributed by atoms with Crippen molar-refractivity contribution in [3.63, 3.8) is 0 Å². The van der Waals surface area contributed by atoms with E-state index < -0.39 is 18.1 Å². The highest BCUT2D eigenvalue weighted by Gasteiger charge is 2.55. The molecule has 1 heterocycles. The summed E-state index contributed by atoms with van der Waals surface area (Å²) in [5.74, 6) is 0.950. The van der Waals surface area contributed by atoms with Gasteiger partial charge in [-0.1, -0.05) is 32.0 Å². The minimum Gasteiger partial charge on any atom is -0.467 e. The average molecular weight is 480 g/mol. The van der Waals surface area contributed by atoms with Crippen LogP contribution in [0.2, 0.25) is 0 Å². The summed E-state index contributed by atoms with van der Waals surface area (Å²) in [5, 5.41) is 7.06. The van der Waals surface area contributed by atoms with Crippen LogP contribution in [0.5, 0.6) is 0 Å². The van der Waals surface area contributed by atoms with Crippen LogP contribution in [0, 0.1) is 29.1 Å². The average Bonchev–Trinajstić information content (AvgIpc) is 3.23. The lowest BCUT2D eigenvalue weighted by Gasteiger charge is -2.55. The first-order valence-corrected chi connectivity index (χ1v) is 13.0. The number of rotatable bonds is 8. The number of fused-ring (bicyclic) bond motifs is 1. The van der Waals surface area contributed by atoms with Gasteiger partial charge in [0, 0.05) is 28.9 Å². The number of nitrogens with one attached hydrogen (secondary N) is 3. The number of para-hydroxylation sites is 1. The van der Waals surface area contributed by atoms with Crippen molar-refractivity contribution in [3.05, 3.63) is 36.0 Å². The van der Waals surface area contributed by atoms with E-state index in [2.05, 4.69) is 15.6 Å². The second-order valence-corrected chi connectivity index (χ2v) is 11.5. The molecule has 4 fully saturated rings. The van der Waals surface area contributed by atoms with E-state index in [1.807, 2.05) is 44.3 Å². The van der Waals surface area contributed by atoms with Crippen LogP contribution in [0.15, 0.2) is 30.5 Å². The van der Waals surface area contributed by atoms with Gasteiger partial charge in [-0.2, -0.15) is 0 Å². The zero-order chi connectivity index (χ0) is 24.7. The molecule has 1 aromatic heterocycles. The molecular weight excluding hydrogens is 442 g/mol. The number of esters is 1. The lowest BCUT2D eigenvalue weighted by atomic mass is 9.49. The molecule has 7 nitrogen and oxygen atoms in total. The Balaban J connectivity index is 1.40. The highest BCUT2D eigenvalue weighted by atomic mass is 16.5. The molecule has 4 aliphatic rings. The van der Waals surface area contributed by atoms with Crippen LogP contribution < -0.4 is 10.6 Å². The summed E-state index contributed by atoms with van der Waals surface area (Å²) in [6.45, 7) is 3.73.